The number of morpholine rings is 1. The van der Waals surface area contributed by atoms with Crippen LogP contribution < -0.4 is 4.74 Å². The van der Waals surface area contributed by atoms with E-state index in [4.69, 9.17) is 9.47 Å². The van der Waals surface area contributed by atoms with Crippen LogP contribution in [-0.2, 0) is 14.2 Å². The molecule has 8 nitrogen and oxygen atoms in total. The second-order valence-corrected chi connectivity index (χ2v) is 7.03. The lowest BCUT2D eigenvalue weighted by atomic mass is 9.89. The van der Waals surface area contributed by atoms with E-state index in [-0.39, 0.29) is 24.2 Å². The van der Waals surface area contributed by atoms with Crippen molar-refractivity contribution >= 4 is 12.2 Å². The van der Waals surface area contributed by atoms with Crippen molar-refractivity contribution in [3.8, 4) is 5.75 Å². The Bertz CT molecular complexity index is 737. The fraction of sp³-hybridized carbons (Fsp3) is 0.579. The lowest BCUT2D eigenvalue weighted by molar-refractivity contribution is -0.274. The zero-order valence-corrected chi connectivity index (χ0v) is 16.4. The first-order valence-electron chi connectivity index (χ1n) is 9.47. The van der Waals surface area contributed by atoms with E-state index >= 15 is 0 Å². The van der Waals surface area contributed by atoms with Crippen molar-refractivity contribution in [2.45, 2.75) is 24.8 Å². The number of hydrogen-bond acceptors (Lipinski definition) is 6. The predicted molar refractivity (Wildman–Crippen MR) is 97.1 cm³/mol. The van der Waals surface area contributed by atoms with Crippen LogP contribution in [0.25, 0.3) is 0 Å². The van der Waals surface area contributed by atoms with Gasteiger partial charge in [-0.15, -0.1) is 13.2 Å². The number of amides is 2. The number of urea groups is 1. The van der Waals surface area contributed by atoms with Gasteiger partial charge < -0.3 is 28.7 Å². The molecule has 1 aromatic rings. The molecule has 2 amide bonds. The summed E-state index contributed by atoms with van der Waals surface area (Å²) < 4.78 is 56.1. The zero-order chi connectivity index (χ0) is 21.7. The normalized spacial score (nSPS) is 22.4. The number of hydrogen-bond donors (Lipinski definition) is 0. The largest absolute Gasteiger partial charge is 0.573 e. The second kappa shape index (κ2) is 9.41. The number of ether oxygens (including phenoxy) is 4. The summed E-state index contributed by atoms with van der Waals surface area (Å²) in [5.41, 5.74) is 0.711. The molecule has 2 atom stereocenters. The Morgan fingerprint density at radius 3 is 2.33 bits per heavy atom. The Kier molecular flexibility index (Phi) is 6.91. The first-order chi connectivity index (χ1) is 14.2. The van der Waals surface area contributed by atoms with E-state index in [1.54, 1.807) is 9.80 Å². The molecular weight excluding hydrogens is 409 g/mol. The molecule has 2 unspecified atom stereocenters. The molecule has 166 valence electrons. The van der Waals surface area contributed by atoms with Crippen LogP contribution in [0.5, 0.6) is 5.75 Å². The lowest BCUT2D eigenvalue weighted by Crippen LogP contribution is -2.54. The third kappa shape index (κ3) is 5.91. The van der Waals surface area contributed by atoms with Gasteiger partial charge in [0.05, 0.1) is 26.9 Å². The van der Waals surface area contributed by atoms with Gasteiger partial charge in [0, 0.05) is 25.6 Å². The number of piperidine rings is 1. The van der Waals surface area contributed by atoms with Crippen molar-refractivity contribution < 1.29 is 41.7 Å². The molecule has 11 heteroatoms. The van der Waals surface area contributed by atoms with Crippen molar-refractivity contribution in [2.24, 2.45) is 0 Å². The molecule has 2 fully saturated rings. The monoisotopic (exact) mass is 432 g/mol. The number of benzene rings is 1. The van der Waals surface area contributed by atoms with E-state index in [0.717, 1.165) is 0 Å². The van der Waals surface area contributed by atoms with Gasteiger partial charge in [0.1, 0.15) is 11.9 Å². The Morgan fingerprint density at radius 1 is 1.07 bits per heavy atom. The quantitative estimate of drug-likeness (QED) is 0.684. The summed E-state index contributed by atoms with van der Waals surface area (Å²) in [4.78, 5) is 27.8. The minimum Gasteiger partial charge on any atom is -0.438 e. The fourth-order valence-electron chi connectivity index (χ4n) is 3.62. The van der Waals surface area contributed by atoms with Crippen molar-refractivity contribution in [3.05, 3.63) is 29.8 Å². The Labute approximate surface area is 171 Å². The van der Waals surface area contributed by atoms with Crippen LogP contribution in [-0.4, -0.2) is 81.0 Å². The topological polar surface area (TPSA) is 77.5 Å². The summed E-state index contributed by atoms with van der Waals surface area (Å²) in [6.45, 7) is 2.38. The van der Waals surface area contributed by atoms with Crippen molar-refractivity contribution in [2.75, 3.05) is 46.5 Å². The molecule has 1 aromatic carbocycles. The van der Waals surface area contributed by atoms with Crippen LogP contribution in [0.3, 0.4) is 0 Å². The van der Waals surface area contributed by atoms with E-state index in [1.807, 2.05) is 0 Å². The summed E-state index contributed by atoms with van der Waals surface area (Å²) in [6, 6.07) is 5.29. The van der Waals surface area contributed by atoms with Gasteiger partial charge in [-0.25, -0.2) is 9.59 Å². The van der Waals surface area contributed by atoms with E-state index in [0.29, 0.717) is 44.8 Å². The first-order valence-corrected chi connectivity index (χ1v) is 9.47. The van der Waals surface area contributed by atoms with Crippen LogP contribution in [0, 0.1) is 0 Å². The third-order valence-electron chi connectivity index (χ3n) is 4.98. The zero-order valence-electron chi connectivity index (χ0n) is 16.4. The summed E-state index contributed by atoms with van der Waals surface area (Å²) in [7, 11) is 1.19. The number of likely N-dealkylation sites (tertiary alicyclic amines) is 1. The molecule has 0 aromatic heterocycles. The molecular formula is C19H23F3N2O6. The van der Waals surface area contributed by atoms with Crippen LogP contribution in [0.4, 0.5) is 22.8 Å². The standard InChI is InChI=1S/C19H23F3N2O6/c1-27-18(26)29-16-10-14(13-2-4-15(5-3-13)30-19(20,21)22)11-24(12-16)17(25)23-6-8-28-9-7-23/h2-5,14,16H,6-12H2,1H3. The average Bonchev–Trinajstić information content (AvgIpc) is 2.73. The Balaban J connectivity index is 1.74. The number of alkyl halides is 3. The summed E-state index contributed by atoms with van der Waals surface area (Å²) in [5, 5.41) is 0. The smallest absolute Gasteiger partial charge is 0.438 e. The highest BCUT2D eigenvalue weighted by Gasteiger charge is 2.36. The van der Waals surface area contributed by atoms with E-state index in [9.17, 15) is 22.8 Å². The SMILES string of the molecule is COC(=O)OC1CC(c2ccc(OC(F)(F)F)cc2)CN(C(=O)N2CCOCC2)C1. The highest BCUT2D eigenvalue weighted by atomic mass is 19.4. The lowest BCUT2D eigenvalue weighted by Gasteiger charge is -2.40. The summed E-state index contributed by atoms with van der Waals surface area (Å²) >= 11 is 0. The molecule has 2 saturated heterocycles. The molecule has 0 aliphatic carbocycles. The molecule has 0 spiro atoms. The van der Waals surface area contributed by atoms with Gasteiger partial charge in [0.2, 0.25) is 0 Å². The van der Waals surface area contributed by atoms with Gasteiger partial charge >= 0.3 is 18.5 Å². The van der Waals surface area contributed by atoms with Crippen LogP contribution >= 0.6 is 0 Å². The fourth-order valence-corrected chi connectivity index (χ4v) is 3.62. The third-order valence-corrected chi connectivity index (χ3v) is 4.98. The number of carbonyl (C=O) groups excluding carboxylic acids is 2. The molecule has 0 radical (unpaired) electrons. The van der Waals surface area contributed by atoms with E-state index in [1.165, 1.54) is 31.4 Å². The first kappa shape index (κ1) is 22.0. The van der Waals surface area contributed by atoms with Crippen LogP contribution in [0.1, 0.15) is 17.9 Å². The van der Waals surface area contributed by atoms with Crippen molar-refractivity contribution in [1.82, 2.24) is 9.80 Å². The average molecular weight is 432 g/mol. The molecule has 2 heterocycles. The van der Waals surface area contributed by atoms with Crippen molar-refractivity contribution in [3.63, 3.8) is 0 Å². The van der Waals surface area contributed by atoms with E-state index in [2.05, 4.69) is 9.47 Å². The van der Waals surface area contributed by atoms with Gasteiger partial charge in [0.25, 0.3) is 0 Å². The summed E-state index contributed by atoms with van der Waals surface area (Å²) in [6.07, 6.45) is -5.82. The van der Waals surface area contributed by atoms with Crippen molar-refractivity contribution in [1.29, 1.82) is 0 Å². The number of rotatable bonds is 3. The Morgan fingerprint density at radius 2 is 1.73 bits per heavy atom. The molecule has 2 aliphatic heterocycles. The van der Waals surface area contributed by atoms with Gasteiger partial charge in [-0.1, -0.05) is 12.1 Å². The molecule has 30 heavy (non-hydrogen) atoms. The van der Waals surface area contributed by atoms with Gasteiger partial charge in [-0.3, -0.25) is 0 Å². The predicted octanol–water partition coefficient (Wildman–Crippen LogP) is 2.98. The molecule has 0 N–H and O–H groups in total. The van der Waals surface area contributed by atoms with Gasteiger partial charge in [-0.05, 0) is 24.1 Å². The van der Waals surface area contributed by atoms with Gasteiger partial charge in [0.15, 0.2) is 0 Å². The van der Waals surface area contributed by atoms with Crippen LogP contribution in [0.2, 0.25) is 0 Å². The maximum atomic E-state index is 12.9. The highest BCUT2D eigenvalue weighted by molar-refractivity contribution is 5.75. The number of halogens is 3. The highest BCUT2D eigenvalue weighted by Crippen LogP contribution is 2.31. The number of methoxy groups -OCH3 is 1. The minimum atomic E-state index is -4.77. The van der Waals surface area contributed by atoms with Gasteiger partial charge in [-0.2, -0.15) is 0 Å². The molecule has 0 saturated carbocycles. The minimum absolute atomic E-state index is 0.196. The molecule has 0 bridgehead atoms. The summed E-state index contributed by atoms with van der Waals surface area (Å²) in [5.74, 6) is -0.566. The maximum Gasteiger partial charge on any atom is 0.573 e. The molecule has 2 aliphatic rings. The maximum absolute atomic E-state index is 12.9. The Hall–Kier alpha value is -2.69. The second-order valence-electron chi connectivity index (χ2n) is 7.03. The van der Waals surface area contributed by atoms with Crippen LogP contribution in [0.15, 0.2) is 24.3 Å². The number of carbonyl (C=O) groups is 2. The number of nitrogens with zero attached hydrogens (tertiary/aromatic N) is 2. The molecule has 3 rings (SSSR count). The van der Waals surface area contributed by atoms with E-state index < -0.39 is 18.6 Å².